The number of carbonyl (C=O) groups is 1. The van der Waals surface area contributed by atoms with E-state index in [0.29, 0.717) is 28.5 Å². The first-order valence-electron chi connectivity index (χ1n) is 8.21. The molecule has 0 bridgehead atoms. The van der Waals surface area contributed by atoms with Gasteiger partial charge in [0.1, 0.15) is 10.6 Å². The number of carbonyl (C=O) groups excluding carboxylic acids is 1. The van der Waals surface area contributed by atoms with Crippen molar-refractivity contribution in [1.29, 1.82) is 0 Å². The van der Waals surface area contributed by atoms with E-state index < -0.39 is 0 Å². The van der Waals surface area contributed by atoms with E-state index in [1.165, 1.54) is 35.2 Å². The molecule has 2 heterocycles. The predicted molar refractivity (Wildman–Crippen MR) is 104 cm³/mol. The molecule has 0 unspecified atom stereocenters. The Kier molecular flexibility index (Phi) is 5.73. The van der Waals surface area contributed by atoms with Crippen molar-refractivity contribution in [2.24, 2.45) is 0 Å². The van der Waals surface area contributed by atoms with Gasteiger partial charge >= 0.3 is 0 Å². The maximum atomic E-state index is 13.1. The van der Waals surface area contributed by atoms with Crippen molar-refractivity contribution in [2.75, 3.05) is 18.8 Å². The molecule has 0 saturated heterocycles. The standard InChI is InChI=1S/C18H18FN3O2S2/c1-3-22(4-2)14(23)10-26-18-20-16(24)15-13(9-25-17(15)21-18)11-5-7-12(19)8-6-11/h5-9H,3-4,10H2,1-2H3,(H,20,21,24). The Bertz CT molecular complexity index is 978. The third-order valence-corrected chi connectivity index (χ3v) is 5.76. The maximum Gasteiger partial charge on any atom is 0.260 e. The molecule has 0 aliphatic carbocycles. The third-order valence-electron chi connectivity index (χ3n) is 4.03. The van der Waals surface area contributed by atoms with Gasteiger partial charge in [-0.25, -0.2) is 9.37 Å². The van der Waals surface area contributed by atoms with Gasteiger partial charge in [-0.2, -0.15) is 0 Å². The van der Waals surface area contributed by atoms with Crippen LogP contribution in [0, 0.1) is 5.82 Å². The molecule has 8 heteroatoms. The number of hydrogen-bond donors (Lipinski definition) is 1. The van der Waals surface area contributed by atoms with Crippen molar-refractivity contribution in [3.05, 3.63) is 45.8 Å². The number of thiophene rings is 1. The van der Waals surface area contributed by atoms with Gasteiger partial charge in [-0.15, -0.1) is 11.3 Å². The monoisotopic (exact) mass is 391 g/mol. The number of fused-ring (bicyclic) bond motifs is 1. The zero-order valence-corrected chi connectivity index (χ0v) is 16.0. The molecule has 2 aromatic heterocycles. The first kappa shape index (κ1) is 18.6. The smallest absolute Gasteiger partial charge is 0.260 e. The fourth-order valence-electron chi connectivity index (χ4n) is 2.64. The van der Waals surface area contributed by atoms with E-state index in [1.807, 2.05) is 19.2 Å². The molecule has 0 radical (unpaired) electrons. The van der Waals surface area contributed by atoms with Crippen molar-refractivity contribution < 1.29 is 9.18 Å². The highest BCUT2D eigenvalue weighted by molar-refractivity contribution is 7.99. The van der Waals surface area contributed by atoms with Gasteiger partial charge in [-0.1, -0.05) is 23.9 Å². The van der Waals surface area contributed by atoms with Crippen LogP contribution in [0.1, 0.15) is 13.8 Å². The number of benzene rings is 1. The summed E-state index contributed by atoms with van der Waals surface area (Å²) in [5, 5.41) is 2.76. The van der Waals surface area contributed by atoms with Crippen molar-refractivity contribution >= 4 is 39.2 Å². The molecule has 0 aliphatic heterocycles. The largest absolute Gasteiger partial charge is 0.343 e. The van der Waals surface area contributed by atoms with Crippen molar-refractivity contribution in [3.63, 3.8) is 0 Å². The van der Waals surface area contributed by atoms with Crippen LogP contribution in [0.25, 0.3) is 21.3 Å². The molecule has 3 aromatic rings. The molecule has 1 N–H and O–H groups in total. The normalized spacial score (nSPS) is 11.0. The number of hydrogen-bond acceptors (Lipinski definition) is 5. The summed E-state index contributed by atoms with van der Waals surface area (Å²) in [6, 6.07) is 6.01. The zero-order valence-electron chi connectivity index (χ0n) is 14.4. The van der Waals surface area contributed by atoms with Gasteiger partial charge in [-0.3, -0.25) is 9.59 Å². The molecule has 136 valence electrons. The quantitative estimate of drug-likeness (QED) is 0.513. The first-order valence-corrected chi connectivity index (χ1v) is 10.1. The summed E-state index contributed by atoms with van der Waals surface area (Å²) >= 11 is 2.58. The average Bonchev–Trinajstić information content (AvgIpc) is 3.06. The minimum Gasteiger partial charge on any atom is -0.343 e. The molecule has 5 nitrogen and oxygen atoms in total. The highest BCUT2D eigenvalue weighted by Gasteiger charge is 2.15. The summed E-state index contributed by atoms with van der Waals surface area (Å²) in [6.07, 6.45) is 0. The van der Waals surface area contributed by atoms with Gasteiger partial charge < -0.3 is 9.88 Å². The molecular formula is C18H18FN3O2S2. The van der Waals surface area contributed by atoms with Gasteiger partial charge in [0.2, 0.25) is 5.91 Å². The van der Waals surface area contributed by atoms with Crippen molar-refractivity contribution in [3.8, 4) is 11.1 Å². The van der Waals surface area contributed by atoms with Gasteiger partial charge in [0, 0.05) is 24.0 Å². The van der Waals surface area contributed by atoms with Crippen molar-refractivity contribution in [2.45, 2.75) is 19.0 Å². The molecule has 0 saturated carbocycles. The molecule has 1 aromatic carbocycles. The Hall–Kier alpha value is -2.19. The SMILES string of the molecule is CCN(CC)C(=O)CSc1nc2scc(-c3ccc(F)cc3)c2c(=O)[nH]1. The second-order valence-corrected chi connectivity index (χ2v) is 7.38. The second-order valence-electron chi connectivity index (χ2n) is 5.56. The summed E-state index contributed by atoms with van der Waals surface area (Å²) < 4.78 is 13.1. The van der Waals surface area contributed by atoms with Gasteiger partial charge in [0.15, 0.2) is 5.16 Å². The van der Waals surface area contributed by atoms with E-state index in [9.17, 15) is 14.0 Å². The predicted octanol–water partition coefficient (Wildman–Crippen LogP) is 3.75. The van der Waals surface area contributed by atoms with E-state index in [0.717, 1.165) is 11.1 Å². The van der Waals surface area contributed by atoms with Crippen LogP contribution >= 0.6 is 23.1 Å². The van der Waals surface area contributed by atoms with E-state index >= 15 is 0 Å². The molecule has 0 atom stereocenters. The summed E-state index contributed by atoms with van der Waals surface area (Å²) in [4.78, 5) is 34.2. The lowest BCUT2D eigenvalue weighted by atomic mass is 10.1. The second kappa shape index (κ2) is 8.01. The Morgan fingerprint density at radius 3 is 2.62 bits per heavy atom. The minimum atomic E-state index is -0.322. The van der Waals surface area contributed by atoms with Crippen LogP contribution in [-0.4, -0.2) is 39.6 Å². The molecular weight excluding hydrogens is 373 g/mol. The van der Waals surface area contributed by atoms with Crippen LogP contribution in [0.5, 0.6) is 0 Å². The first-order chi connectivity index (χ1) is 12.5. The van der Waals surface area contributed by atoms with Crippen molar-refractivity contribution in [1.82, 2.24) is 14.9 Å². The Labute approximate surface area is 158 Å². The summed E-state index contributed by atoms with van der Waals surface area (Å²) in [7, 11) is 0. The molecule has 1 amide bonds. The van der Waals surface area contributed by atoms with E-state index in [-0.39, 0.29) is 23.0 Å². The summed E-state index contributed by atoms with van der Waals surface area (Å²) in [5.74, 6) is -0.0791. The molecule has 0 aliphatic rings. The minimum absolute atomic E-state index is 0.0147. The highest BCUT2D eigenvalue weighted by Crippen LogP contribution is 2.31. The number of nitrogens with zero attached hydrogens (tertiary/aromatic N) is 2. The maximum absolute atomic E-state index is 13.1. The van der Waals surface area contributed by atoms with Gasteiger partial charge in [-0.05, 0) is 31.5 Å². The van der Waals surface area contributed by atoms with Crippen LogP contribution in [0.4, 0.5) is 4.39 Å². The third kappa shape index (κ3) is 3.81. The van der Waals surface area contributed by atoms with Gasteiger partial charge in [0.05, 0.1) is 11.1 Å². The average molecular weight is 391 g/mol. The fourth-order valence-corrected chi connectivity index (χ4v) is 4.41. The Morgan fingerprint density at radius 1 is 1.27 bits per heavy atom. The Morgan fingerprint density at radius 2 is 1.96 bits per heavy atom. The topological polar surface area (TPSA) is 66.1 Å². The molecule has 0 spiro atoms. The van der Waals surface area contributed by atoms with E-state index in [1.54, 1.807) is 17.0 Å². The highest BCUT2D eigenvalue weighted by atomic mass is 32.2. The number of aromatic nitrogens is 2. The van der Waals surface area contributed by atoms with Crippen LogP contribution < -0.4 is 5.56 Å². The number of amides is 1. The lowest BCUT2D eigenvalue weighted by Crippen LogP contribution is -2.32. The zero-order chi connectivity index (χ0) is 18.7. The Balaban J connectivity index is 1.87. The van der Waals surface area contributed by atoms with Crippen LogP contribution in [0.3, 0.4) is 0 Å². The van der Waals surface area contributed by atoms with E-state index in [2.05, 4.69) is 9.97 Å². The summed E-state index contributed by atoms with van der Waals surface area (Å²) in [6.45, 7) is 5.18. The van der Waals surface area contributed by atoms with Gasteiger partial charge in [0.25, 0.3) is 5.56 Å². The number of halogens is 1. The fraction of sp³-hybridized carbons (Fsp3) is 0.278. The number of aromatic amines is 1. The van der Waals surface area contributed by atoms with E-state index in [4.69, 9.17) is 0 Å². The number of nitrogens with one attached hydrogen (secondary N) is 1. The van der Waals surface area contributed by atoms with Crippen LogP contribution in [0.15, 0.2) is 39.6 Å². The molecule has 26 heavy (non-hydrogen) atoms. The lowest BCUT2D eigenvalue weighted by Gasteiger charge is -2.17. The summed E-state index contributed by atoms with van der Waals surface area (Å²) in [5.41, 5.74) is 1.24. The number of rotatable bonds is 6. The molecule has 0 fully saturated rings. The molecule has 3 rings (SSSR count). The number of H-pyrrole nitrogens is 1. The lowest BCUT2D eigenvalue weighted by molar-refractivity contribution is -0.127. The van der Waals surface area contributed by atoms with Crippen LogP contribution in [-0.2, 0) is 4.79 Å². The number of thioether (sulfide) groups is 1. The van der Waals surface area contributed by atoms with Crippen LogP contribution in [0.2, 0.25) is 0 Å².